The predicted molar refractivity (Wildman–Crippen MR) is 72.8 cm³/mol. The van der Waals surface area contributed by atoms with Gasteiger partial charge in [-0.1, -0.05) is 17.7 Å². The maximum Gasteiger partial charge on any atom is 0.261 e. The summed E-state index contributed by atoms with van der Waals surface area (Å²) in [6.07, 6.45) is 3.25. The van der Waals surface area contributed by atoms with E-state index in [0.29, 0.717) is 22.0 Å². The van der Waals surface area contributed by atoms with E-state index in [1.807, 2.05) is 0 Å². The first kappa shape index (κ1) is 12.4. The number of halogens is 1. The fraction of sp³-hybridized carbons (Fsp3) is 0.0769. The minimum absolute atomic E-state index is 0.258. The van der Waals surface area contributed by atoms with E-state index in [2.05, 4.69) is 4.98 Å². The number of carbonyl (C=O) groups is 1. The Morgan fingerprint density at radius 2 is 2.11 bits per heavy atom. The molecule has 0 aliphatic heterocycles. The summed E-state index contributed by atoms with van der Waals surface area (Å²) in [5, 5.41) is 0.343. The highest BCUT2D eigenvalue weighted by Gasteiger charge is 2.19. The molecule has 0 spiro atoms. The van der Waals surface area contributed by atoms with Crippen LogP contribution < -0.4 is 10.6 Å². The lowest BCUT2D eigenvalue weighted by Gasteiger charge is -2.18. The standard InChI is InChI=1S/C13H12ClN3O/c1-17(9-4-3-7-16-8-9)13(18)12-10(14)5-2-6-11(12)15/h2-8H,15H2,1H3. The molecule has 1 amide bonds. The topological polar surface area (TPSA) is 59.2 Å². The normalized spacial score (nSPS) is 10.1. The van der Waals surface area contributed by atoms with Gasteiger partial charge in [-0.05, 0) is 24.3 Å². The SMILES string of the molecule is CN(C(=O)c1c(N)cccc1Cl)c1cccnc1. The Kier molecular flexibility index (Phi) is 3.48. The van der Waals surface area contributed by atoms with Gasteiger partial charge in [0.15, 0.2) is 0 Å². The number of hydrogen-bond donors (Lipinski definition) is 1. The molecule has 0 radical (unpaired) electrons. The Morgan fingerprint density at radius 3 is 2.72 bits per heavy atom. The van der Waals surface area contributed by atoms with Crippen LogP contribution in [-0.4, -0.2) is 17.9 Å². The summed E-state index contributed by atoms with van der Waals surface area (Å²) in [4.78, 5) is 17.8. The number of nitrogens with two attached hydrogens (primary N) is 1. The fourth-order valence-corrected chi connectivity index (χ4v) is 1.87. The van der Waals surface area contributed by atoms with Crippen LogP contribution in [0.4, 0.5) is 11.4 Å². The van der Waals surface area contributed by atoms with Crippen LogP contribution in [0.15, 0.2) is 42.7 Å². The van der Waals surface area contributed by atoms with Crippen molar-refractivity contribution in [2.45, 2.75) is 0 Å². The second kappa shape index (κ2) is 5.06. The van der Waals surface area contributed by atoms with Crippen molar-refractivity contribution in [3.8, 4) is 0 Å². The summed E-state index contributed by atoms with van der Waals surface area (Å²) >= 11 is 6.01. The monoisotopic (exact) mass is 261 g/mol. The number of aromatic nitrogens is 1. The van der Waals surface area contributed by atoms with Crippen molar-refractivity contribution < 1.29 is 4.79 Å². The third kappa shape index (κ3) is 2.28. The van der Waals surface area contributed by atoms with Crippen molar-refractivity contribution in [2.24, 2.45) is 0 Å². The van der Waals surface area contributed by atoms with Gasteiger partial charge in [0.2, 0.25) is 0 Å². The number of carbonyl (C=O) groups excluding carboxylic acids is 1. The third-order valence-corrected chi connectivity index (χ3v) is 2.91. The molecule has 92 valence electrons. The van der Waals surface area contributed by atoms with Gasteiger partial charge in [-0.2, -0.15) is 0 Å². The summed E-state index contributed by atoms with van der Waals surface area (Å²) < 4.78 is 0. The predicted octanol–water partition coefficient (Wildman–Crippen LogP) is 2.59. The van der Waals surface area contributed by atoms with Crippen LogP contribution in [0.2, 0.25) is 5.02 Å². The number of rotatable bonds is 2. The highest BCUT2D eigenvalue weighted by Crippen LogP contribution is 2.25. The first-order valence-electron chi connectivity index (χ1n) is 5.33. The summed E-state index contributed by atoms with van der Waals surface area (Å²) in [5.74, 6) is -0.258. The first-order valence-corrected chi connectivity index (χ1v) is 5.71. The van der Waals surface area contributed by atoms with Gasteiger partial charge in [-0.25, -0.2) is 0 Å². The molecule has 0 atom stereocenters. The molecule has 0 unspecified atom stereocenters. The highest BCUT2D eigenvalue weighted by molar-refractivity contribution is 6.35. The number of benzene rings is 1. The average Bonchev–Trinajstić information content (AvgIpc) is 2.38. The van der Waals surface area contributed by atoms with Crippen molar-refractivity contribution in [3.05, 3.63) is 53.3 Å². The molecule has 2 aromatic rings. The Balaban J connectivity index is 2.38. The van der Waals surface area contributed by atoms with Crippen LogP contribution in [0.1, 0.15) is 10.4 Å². The Hall–Kier alpha value is -2.07. The van der Waals surface area contributed by atoms with E-state index in [9.17, 15) is 4.79 Å². The molecular formula is C13H12ClN3O. The molecule has 2 rings (SSSR count). The lowest BCUT2D eigenvalue weighted by Crippen LogP contribution is -2.27. The van der Waals surface area contributed by atoms with Gasteiger partial charge in [0.25, 0.3) is 5.91 Å². The van der Waals surface area contributed by atoms with Gasteiger partial charge in [-0.3, -0.25) is 9.78 Å². The van der Waals surface area contributed by atoms with Gasteiger partial charge in [0, 0.05) is 18.9 Å². The molecule has 4 nitrogen and oxygen atoms in total. The van der Waals surface area contributed by atoms with Crippen molar-refractivity contribution in [1.29, 1.82) is 0 Å². The second-order valence-electron chi connectivity index (χ2n) is 3.78. The van der Waals surface area contributed by atoms with Gasteiger partial charge >= 0.3 is 0 Å². The van der Waals surface area contributed by atoms with Gasteiger partial charge in [0.05, 0.1) is 22.5 Å². The molecule has 1 aromatic heterocycles. The van der Waals surface area contributed by atoms with Crippen molar-refractivity contribution >= 4 is 28.9 Å². The molecule has 0 fully saturated rings. The minimum Gasteiger partial charge on any atom is -0.398 e. The Morgan fingerprint density at radius 1 is 1.33 bits per heavy atom. The molecule has 1 heterocycles. The molecule has 0 aliphatic rings. The average molecular weight is 262 g/mol. The smallest absolute Gasteiger partial charge is 0.261 e. The number of hydrogen-bond acceptors (Lipinski definition) is 3. The molecule has 0 aliphatic carbocycles. The molecule has 2 N–H and O–H groups in total. The van der Waals surface area contributed by atoms with Crippen LogP contribution in [-0.2, 0) is 0 Å². The van der Waals surface area contributed by atoms with Gasteiger partial charge < -0.3 is 10.6 Å². The maximum atomic E-state index is 12.3. The van der Waals surface area contributed by atoms with Crippen LogP contribution in [0.25, 0.3) is 0 Å². The van der Waals surface area contributed by atoms with Gasteiger partial charge in [0.1, 0.15) is 0 Å². The van der Waals surface area contributed by atoms with E-state index >= 15 is 0 Å². The number of nitrogens with zero attached hydrogens (tertiary/aromatic N) is 2. The zero-order chi connectivity index (χ0) is 13.1. The Labute approximate surface area is 110 Å². The third-order valence-electron chi connectivity index (χ3n) is 2.60. The van der Waals surface area contributed by atoms with E-state index in [1.54, 1.807) is 49.8 Å². The molecule has 18 heavy (non-hydrogen) atoms. The number of pyridine rings is 1. The van der Waals surface area contributed by atoms with E-state index in [1.165, 1.54) is 4.90 Å². The van der Waals surface area contributed by atoms with Crippen LogP contribution >= 0.6 is 11.6 Å². The first-order chi connectivity index (χ1) is 8.61. The summed E-state index contributed by atoms with van der Waals surface area (Å²) in [6, 6.07) is 8.55. The van der Waals surface area contributed by atoms with Crippen molar-refractivity contribution in [1.82, 2.24) is 4.98 Å². The lowest BCUT2D eigenvalue weighted by molar-refractivity contribution is 0.0994. The summed E-state index contributed by atoms with van der Waals surface area (Å²) in [6.45, 7) is 0. The number of nitrogen functional groups attached to an aromatic ring is 1. The zero-order valence-corrected chi connectivity index (χ0v) is 10.6. The molecule has 0 saturated heterocycles. The van der Waals surface area contributed by atoms with E-state index in [4.69, 9.17) is 17.3 Å². The lowest BCUT2D eigenvalue weighted by atomic mass is 10.1. The van der Waals surface area contributed by atoms with Crippen molar-refractivity contribution in [2.75, 3.05) is 17.7 Å². The quantitative estimate of drug-likeness (QED) is 0.846. The summed E-state index contributed by atoms with van der Waals surface area (Å²) in [7, 11) is 1.65. The van der Waals surface area contributed by atoms with E-state index < -0.39 is 0 Å². The summed E-state index contributed by atoms with van der Waals surface area (Å²) in [5.41, 5.74) is 7.15. The van der Waals surface area contributed by atoms with E-state index in [0.717, 1.165) is 0 Å². The Bertz CT molecular complexity index is 551. The number of amides is 1. The number of anilines is 2. The van der Waals surface area contributed by atoms with Crippen molar-refractivity contribution in [3.63, 3.8) is 0 Å². The zero-order valence-electron chi connectivity index (χ0n) is 9.80. The van der Waals surface area contributed by atoms with Gasteiger partial charge in [-0.15, -0.1) is 0 Å². The fourth-order valence-electron chi connectivity index (χ4n) is 1.60. The molecule has 0 bridgehead atoms. The molecule has 1 aromatic carbocycles. The van der Waals surface area contributed by atoms with Crippen LogP contribution in [0.3, 0.4) is 0 Å². The van der Waals surface area contributed by atoms with E-state index in [-0.39, 0.29) is 5.91 Å². The molecule has 0 saturated carbocycles. The van der Waals surface area contributed by atoms with Crippen LogP contribution in [0.5, 0.6) is 0 Å². The second-order valence-corrected chi connectivity index (χ2v) is 4.19. The molecule has 5 heteroatoms. The maximum absolute atomic E-state index is 12.3. The van der Waals surface area contributed by atoms with Crippen LogP contribution in [0, 0.1) is 0 Å². The highest BCUT2D eigenvalue weighted by atomic mass is 35.5. The molecular weight excluding hydrogens is 250 g/mol. The largest absolute Gasteiger partial charge is 0.398 e. The minimum atomic E-state index is -0.258.